The van der Waals surface area contributed by atoms with Crippen LogP contribution < -0.4 is 10.6 Å². The third kappa shape index (κ3) is 4.42. The summed E-state index contributed by atoms with van der Waals surface area (Å²) >= 11 is 1.88. The Balaban J connectivity index is 2.48. The zero-order chi connectivity index (χ0) is 11.1. The minimum absolute atomic E-state index is 0.504. The SMILES string of the molecule is CNc1cc(NC(C)CCSC)ccn1. The average molecular weight is 225 g/mol. The second-order valence-corrected chi connectivity index (χ2v) is 4.49. The summed E-state index contributed by atoms with van der Waals surface area (Å²) in [6, 6.07) is 4.52. The number of pyridine rings is 1. The van der Waals surface area contributed by atoms with E-state index in [4.69, 9.17) is 0 Å². The summed E-state index contributed by atoms with van der Waals surface area (Å²) in [5.41, 5.74) is 1.13. The first-order valence-corrected chi connectivity index (χ1v) is 6.55. The molecule has 0 radical (unpaired) electrons. The lowest BCUT2D eigenvalue weighted by molar-refractivity contribution is 0.772. The fourth-order valence-electron chi connectivity index (χ4n) is 1.31. The number of rotatable bonds is 6. The third-order valence-corrected chi connectivity index (χ3v) is 2.83. The molecular formula is C11H19N3S. The summed E-state index contributed by atoms with van der Waals surface area (Å²) in [7, 11) is 1.88. The third-order valence-electron chi connectivity index (χ3n) is 2.18. The molecule has 0 aliphatic rings. The number of hydrogen-bond acceptors (Lipinski definition) is 4. The van der Waals surface area contributed by atoms with Crippen molar-refractivity contribution in [2.75, 3.05) is 29.7 Å². The van der Waals surface area contributed by atoms with Gasteiger partial charge in [0.15, 0.2) is 0 Å². The number of thioether (sulfide) groups is 1. The Morgan fingerprint density at radius 2 is 2.33 bits per heavy atom. The zero-order valence-corrected chi connectivity index (χ0v) is 10.4. The summed E-state index contributed by atoms with van der Waals surface area (Å²) in [5.74, 6) is 2.09. The van der Waals surface area contributed by atoms with Crippen molar-refractivity contribution < 1.29 is 0 Å². The molecule has 0 amide bonds. The van der Waals surface area contributed by atoms with Crippen molar-refractivity contribution in [3.63, 3.8) is 0 Å². The summed E-state index contributed by atoms with van der Waals surface area (Å²) in [4.78, 5) is 4.17. The molecule has 84 valence electrons. The highest BCUT2D eigenvalue weighted by Gasteiger charge is 2.01. The second-order valence-electron chi connectivity index (χ2n) is 3.51. The molecular weight excluding hydrogens is 206 g/mol. The molecule has 0 aromatic carbocycles. The fourth-order valence-corrected chi connectivity index (χ4v) is 1.90. The van der Waals surface area contributed by atoms with Crippen LogP contribution in [0.4, 0.5) is 11.5 Å². The van der Waals surface area contributed by atoms with E-state index in [-0.39, 0.29) is 0 Å². The van der Waals surface area contributed by atoms with Crippen LogP contribution in [0.25, 0.3) is 0 Å². The van der Waals surface area contributed by atoms with Crippen molar-refractivity contribution in [1.82, 2.24) is 4.98 Å². The highest BCUT2D eigenvalue weighted by molar-refractivity contribution is 7.98. The molecule has 4 heteroatoms. The Labute approximate surface area is 96.1 Å². The van der Waals surface area contributed by atoms with Crippen molar-refractivity contribution in [1.29, 1.82) is 0 Å². The van der Waals surface area contributed by atoms with Crippen LogP contribution in [-0.4, -0.2) is 30.1 Å². The smallest absolute Gasteiger partial charge is 0.127 e. The molecule has 15 heavy (non-hydrogen) atoms. The monoisotopic (exact) mass is 225 g/mol. The Kier molecular flexibility index (Phi) is 5.32. The van der Waals surface area contributed by atoms with Crippen LogP contribution in [0.15, 0.2) is 18.3 Å². The van der Waals surface area contributed by atoms with Gasteiger partial charge in [-0.15, -0.1) is 0 Å². The van der Waals surface area contributed by atoms with Gasteiger partial charge in [0.25, 0.3) is 0 Å². The quantitative estimate of drug-likeness (QED) is 0.780. The van der Waals surface area contributed by atoms with E-state index >= 15 is 0 Å². The number of anilines is 2. The van der Waals surface area contributed by atoms with E-state index in [2.05, 4.69) is 28.8 Å². The van der Waals surface area contributed by atoms with Gasteiger partial charge in [0.1, 0.15) is 5.82 Å². The van der Waals surface area contributed by atoms with Crippen LogP contribution >= 0.6 is 11.8 Å². The highest BCUT2D eigenvalue weighted by atomic mass is 32.2. The van der Waals surface area contributed by atoms with Crippen LogP contribution in [0, 0.1) is 0 Å². The Morgan fingerprint density at radius 3 is 3.00 bits per heavy atom. The van der Waals surface area contributed by atoms with Crippen LogP contribution in [0.3, 0.4) is 0 Å². The maximum absolute atomic E-state index is 4.17. The van der Waals surface area contributed by atoms with Gasteiger partial charge in [-0.2, -0.15) is 11.8 Å². The fraction of sp³-hybridized carbons (Fsp3) is 0.545. The van der Waals surface area contributed by atoms with Gasteiger partial charge in [0, 0.05) is 31.0 Å². The van der Waals surface area contributed by atoms with Crippen LogP contribution in [0.1, 0.15) is 13.3 Å². The Bertz CT molecular complexity index is 291. The predicted octanol–water partition coefficient (Wildman–Crippen LogP) is 2.68. The topological polar surface area (TPSA) is 37.0 Å². The van der Waals surface area contributed by atoms with Crippen molar-refractivity contribution in [3.05, 3.63) is 18.3 Å². The molecule has 0 bridgehead atoms. The van der Waals surface area contributed by atoms with Crippen molar-refractivity contribution in [2.45, 2.75) is 19.4 Å². The molecule has 1 rings (SSSR count). The van der Waals surface area contributed by atoms with Gasteiger partial charge < -0.3 is 10.6 Å². The van der Waals surface area contributed by atoms with Crippen LogP contribution in [0.2, 0.25) is 0 Å². The molecule has 1 atom stereocenters. The normalized spacial score (nSPS) is 12.2. The lowest BCUT2D eigenvalue weighted by Gasteiger charge is -2.14. The van der Waals surface area contributed by atoms with E-state index in [1.54, 1.807) is 0 Å². The van der Waals surface area contributed by atoms with E-state index in [9.17, 15) is 0 Å². The largest absolute Gasteiger partial charge is 0.382 e. The van der Waals surface area contributed by atoms with E-state index in [1.807, 2.05) is 37.1 Å². The predicted molar refractivity (Wildman–Crippen MR) is 69.9 cm³/mol. The summed E-state index contributed by atoms with van der Waals surface area (Å²) in [6.07, 6.45) is 5.13. The summed E-state index contributed by atoms with van der Waals surface area (Å²) < 4.78 is 0. The number of aromatic nitrogens is 1. The first kappa shape index (κ1) is 12.2. The van der Waals surface area contributed by atoms with Gasteiger partial charge in [-0.05, 0) is 31.4 Å². The van der Waals surface area contributed by atoms with Crippen molar-refractivity contribution in [3.8, 4) is 0 Å². The highest BCUT2D eigenvalue weighted by Crippen LogP contribution is 2.13. The maximum atomic E-state index is 4.17. The number of nitrogens with zero attached hydrogens (tertiary/aromatic N) is 1. The first-order valence-electron chi connectivity index (χ1n) is 5.15. The van der Waals surface area contributed by atoms with E-state index in [0.717, 1.165) is 11.5 Å². The standard InChI is InChI=1S/C11H19N3S/c1-9(5-7-15-3)14-10-4-6-13-11(8-10)12-2/h4,6,8-9H,5,7H2,1-3H3,(H2,12,13,14). The molecule has 3 nitrogen and oxygen atoms in total. The van der Waals surface area contributed by atoms with Crippen LogP contribution in [0.5, 0.6) is 0 Å². The molecule has 0 spiro atoms. The van der Waals surface area contributed by atoms with Gasteiger partial charge >= 0.3 is 0 Å². The van der Waals surface area contributed by atoms with E-state index < -0.39 is 0 Å². The maximum Gasteiger partial charge on any atom is 0.127 e. The van der Waals surface area contributed by atoms with Crippen LogP contribution in [-0.2, 0) is 0 Å². The molecule has 0 saturated carbocycles. The van der Waals surface area contributed by atoms with Gasteiger partial charge in [-0.1, -0.05) is 0 Å². The minimum atomic E-state index is 0.504. The second kappa shape index (κ2) is 6.56. The lowest BCUT2D eigenvalue weighted by atomic mass is 10.2. The average Bonchev–Trinajstić information content (AvgIpc) is 2.26. The van der Waals surface area contributed by atoms with Gasteiger partial charge in [0.05, 0.1) is 0 Å². The van der Waals surface area contributed by atoms with Crippen molar-refractivity contribution in [2.24, 2.45) is 0 Å². The number of hydrogen-bond donors (Lipinski definition) is 2. The molecule has 0 aliphatic heterocycles. The molecule has 1 unspecified atom stereocenters. The molecule has 1 heterocycles. The van der Waals surface area contributed by atoms with E-state index in [1.165, 1.54) is 12.2 Å². The summed E-state index contributed by atoms with van der Waals surface area (Å²) in [6.45, 7) is 2.20. The van der Waals surface area contributed by atoms with Gasteiger partial charge in [-0.3, -0.25) is 0 Å². The molecule has 1 aromatic heterocycles. The van der Waals surface area contributed by atoms with E-state index in [0.29, 0.717) is 6.04 Å². The Morgan fingerprint density at radius 1 is 1.53 bits per heavy atom. The van der Waals surface area contributed by atoms with Gasteiger partial charge in [0.2, 0.25) is 0 Å². The first-order chi connectivity index (χ1) is 7.26. The van der Waals surface area contributed by atoms with Gasteiger partial charge in [-0.25, -0.2) is 4.98 Å². The summed E-state index contributed by atoms with van der Waals surface area (Å²) in [5, 5.41) is 6.49. The molecule has 2 N–H and O–H groups in total. The lowest BCUT2D eigenvalue weighted by Crippen LogP contribution is -2.16. The zero-order valence-electron chi connectivity index (χ0n) is 9.58. The minimum Gasteiger partial charge on any atom is -0.382 e. The molecule has 1 aromatic rings. The van der Waals surface area contributed by atoms with Crippen molar-refractivity contribution >= 4 is 23.3 Å². The molecule has 0 aliphatic carbocycles. The Hall–Kier alpha value is -0.900. The molecule has 0 saturated heterocycles. The molecule has 0 fully saturated rings. The number of nitrogens with one attached hydrogen (secondary N) is 2.